The SMILES string of the molecule is CC(C)Cc1c(N)n(C)c(=S)n1C. The van der Waals surface area contributed by atoms with E-state index in [1.165, 1.54) is 0 Å². The molecule has 13 heavy (non-hydrogen) atoms. The molecule has 0 atom stereocenters. The molecule has 1 rings (SSSR count). The van der Waals surface area contributed by atoms with Crippen LogP contribution in [0.25, 0.3) is 0 Å². The summed E-state index contributed by atoms with van der Waals surface area (Å²) in [6.07, 6.45) is 0.979. The fourth-order valence-corrected chi connectivity index (χ4v) is 1.65. The predicted molar refractivity (Wildman–Crippen MR) is 58.2 cm³/mol. The van der Waals surface area contributed by atoms with E-state index in [1.54, 1.807) is 0 Å². The fraction of sp³-hybridized carbons (Fsp3) is 0.667. The zero-order valence-electron chi connectivity index (χ0n) is 8.66. The molecule has 0 aromatic carbocycles. The van der Waals surface area contributed by atoms with Crippen molar-refractivity contribution in [3.63, 3.8) is 0 Å². The van der Waals surface area contributed by atoms with E-state index in [0.29, 0.717) is 5.92 Å². The Morgan fingerprint density at radius 1 is 1.31 bits per heavy atom. The molecular weight excluding hydrogens is 182 g/mol. The van der Waals surface area contributed by atoms with E-state index >= 15 is 0 Å². The molecule has 0 aliphatic rings. The van der Waals surface area contributed by atoms with Crippen molar-refractivity contribution in [1.82, 2.24) is 9.13 Å². The number of nitrogens with zero attached hydrogens (tertiary/aromatic N) is 2. The van der Waals surface area contributed by atoms with Gasteiger partial charge in [-0.25, -0.2) is 0 Å². The number of hydrogen-bond donors (Lipinski definition) is 1. The normalized spacial score (nSPS) is 11.2. The molecule has 0 unspecified atom stereocenters. The van der Waals surface area contributed by atoms with Crippen LogP contribution in [0, 0.1) is 10.7 Å². The number of imidazole rings is 1. The van der Waals surface area contributed by atoms with Gasteiger partial charge in [-0.1, -0.05) is 13.8 Å². The van der Waals surface area contributed by atoms with E-state index in [2.05, 4.69) is 13.8 Å². The van der Waals surface area contributed by atoms with Crippen LogP contribution < -0.4 is 5.73 Å². The molecular formula is C9H17N3S. The molecule has 0 amide bonds. The quantitative estimate of drug-likeness (QED) is 0.738. The van der Waals surface area contributed by atoms with E-state index in [-0.39, 0.29) is 0 Å². The topological polar surface area (TPSA) is 35.9 Å². The summed E-state index contributed by atoms with van der Waals surface area (Å²) in [6.45, 7) is 4.35. The van der Waals surface area contributed by atoms with Crippen LogP contribution in [0.4, 0.5) is 5.82 Å². The monoisotopic (exact) mass is 199 g/mol. The molecule has 3 nitrogen and oxygen atoms in total. The van der Waals surface area contributed by atoms with Crippen molar-refractivity contribution < 1.29 is 0 Å². The summed E-state index contributed by atoms with van der Waals surface area (Å²) in [6, 6.07) is 0. The molecule has 1 aromatic rings. The van der Waals surface area contributed by atoms with Crippen molar-refractivity contribution in [2.45, 2.75) is 20.3 Å². The Morgan fingerprint density at radius 3 is 2.15 bits per heavy atom. The molecule has 0 aliphatic heterocycles. The molecule has 74 valence electrons. The maximum absolute atomic E-state index is 5.93. The Morgan fingerprint density at radius 2 is 1.85 bits per heavy atom. The Bertz CT molecular complexity index is 360. The van der Waals surface area contributed by atoms with Gasteiger partial charge in [0.1, 0.15) is 5.82 Å². The molecule has 4 heteroatoms. The van der Waals surface area contributed by atoms with Gasteiger partial charge >= 0.3 is 0 Å². The first kappa shape index (κ1) is 10.3. The van der Waals surface area contributed by atoms with Gasteiger partial charge in [0.15, 0.2) is 4.77 Å². The lowest BCUT2D eigenvalue weighted by molar-refractivity contribution is 0.616. The number of rotatable bonds is 2. The highest BCUT2D eigenvalue weighted by atomic mass is 32.1. The smallest absolute Gasteiger partial charge is 0.181 e. The lowest BCUT2D eigenvalue weighted by Crippen LogP contribution is -2.04. The van der Waals surface area contributed by atoms with Crippen LogP contribution in [0.3, 0.4) is 0 Å². The predicted octanol–water partition coefficient (Wildman–Crippen LogP) is 1.87. The van der Waals surface area contributed by atoms with Crippen LogP contribution in [-0.2, 0) is 20.5 Å². The number of anilines is 1. The maximum atomic E-state index is 5.93. The van der Waals surface area contributed by atoms with Crippen LogP contribution in [0.5, 0.6) is 0 Å². The van der Waals surface area contributed by atoms with Gasteiger partial charge in [0, 0.05) is 14.1 Å². The minimum atomic E-state index is 0.602. The van der Waals surface area contributed by atoms with Crippen molar-refractivity contribution in [2.75, 3.05) is 5.73 Å². The lowest BCUT2D eigenvalue weighted by Gasteiger charge is -2.06. The van der Waals surface area contributed by atoms with Gasteiger partial charge in [0.05, 0.1) is 5.69 Å². The zero-order valence-corrected chi connectivity index (χ0v) is 9.48. The second kappa shape index (κ2) is 3.54. The third kappa shape index (κ3) is 1.77. The summed E-state index contributed by atoms with van der Waals surface area (Å²) in [5.41, 5.74) is 7.07. The molecule has 0 fully saturated rings. The first-order valence-corrected chi connectivity index (χ1v) is 4.86. The Labute approximate surface area is 84.2 Å². The second-order valence-corrected chi connectivity index (χ2v) is 4.20. The minimum Gasteiger partial charge on any atom is -0.384 e. The van der Waals surface area contributed by atoms with Crippen molar-refractivity contribution in [3.8, 4) is 0 Å². The first-order chi connectivity index (χ1) is 5.95. The summed E-state index contributed by atoms with van der Waals surface area (Å²) < 4.78 is 4.63. The van der Waals surface area contributed by atoms with Gasteiger partial charge in [-0.3, -0.25) is 0 Å². The van der Waals surface area contributed by atoms with Crippen molar-refractivity contribution in [3.05, 3.63) is 10.5 Å². The van der Waals surface area contributed by atoms with Crippen molar-refractivity contribution >= 4 is 18.0 Å². The third-order valence-corrected chi connectivity index (χ3v) is 2.79. The molecule has 0 spiro atoms. The highest BCUT2D eigenvalue weighted by Gasteiger charge is 2.11. The molecule has 0 aliphatic carbocycles. The van der Waals surface area contributed by atoms with E-state index in [9.17, 15) is 0 Å². The highest BCUT2D eigenvalue weighted by molar-refractivity contribution is 7.71. The van der Waals surface area contributed by atoms with Gasteiger partial charge in [-0.15, -0.1) is 0 Å². The van der Waals surface area contributed by atoms with Gasteiger partial charge in [-0.2, -0.15) is 0 Å². The lowest BCUT2D eigenvalue weighted by atomic mass is 10.1. The van der Waals surface area contributed by atoms with E-state index in [0.717, 1.165) is 22.7 Å². The molecule has 1 aromatic heterocycles. The van der Waals surface area contributed by atoms with Crippen LogP contribution >= 0.6 is 12.2 Å². The third-order valence-electron chi connectivity index (χ3n) is 2.24. The number of aromatic nitrogens is 2. The van der Waals surface area contributed by atoms with E-state index in [4.69, 9.17) is 18.0 Å². The second-order valence-electron chi connectivity index (χ2n) is 3.83. The van der Waals surface area contributed by atoms with Gasteiger partial charge in [0.2, 0.25) is 0 Å². The van der Waals surface area contributed by atoms with E-state index in [1.807, 2.05) is 23.2 Å². The molecule has 2 N–H and O–H groups in total. The Hall–Kier alpha value is -0.770. The van der Waals surface area contributed by atoms with Crippen molar-refractivity contribution in [1.29, 1.82) is 0 Å². The van der Waals surface area contributed by atoms with Crippen LogP contribution in [0.15, 0.2) is 0 Å². The minimum absolute atomic E-state index is 0.602. The average molecular weight is 199 g/mol. The zero-order chi connectivity index (χ0) is 10.2. The summed E-state index contributed by atoms with van der Waals surface area (Å²) in [5, 5.41) is 0. The Kier molecular flexibility index (Phi) is 2.81. The van der Waals surface area contributed by atoms with Gasteiger partial charge in [0.25, 0.3) is 0 Å². The molecule has 0 saturated heterocycles. The van der Waals surface area contributed by atoms with Crippen LogP contribution in [0.2, 0.25) is 0 Å². The van der Waals surface area contributed by atoms with Gasteiger partial charge < -0.3 is 14.9 Å². The number of hydrogen-bond acceptors (Lipinski definition) is 2. The number of nitrogens with two attached hydrogens (primary N) is 1. The van der Waals surface area contributed by atoms with Gasteiger partial charge in [-0.05, 0) is 24.6 Å². The highest BCUT2D eigenvalue weighted by Crippen LogP contribution is 2.17. The molecule has 1 heterocycles. The average Bonchev–Trinajstić information content (AvgIpc) is 2.22. The van der Waals surface area contributed by atoms with Crippen molar-refractivity contribution in [2.24, 2.45) is 20.0 Å². The largest absolute Gasteiger partial charge is 0.384 e. The number of nitrogen functional groups attached to an aromatic ring is 1. The Balaban J connectivity index is 3.21. The summed E-state index contributed by atoms with van der Waals surface area (Å²) >= 11 is 5.20. The fourth-order valence-electron chi connectivity index (χ4n) is 1.44. The maximum Gasteiger partial charge on any atom is 0.181 e. The summed E-state index contributed by atoms with van der Waals surface area (Å²) in [4.78, 5) is 0. The summed E-state index contributed by atoms with van der Waals surface area (Å²) in [5.74, 6) is 1.39. The molecule has 0 saturated carbocycles. The van der Waals surface area contributed by atoms with Crippen LogP contribution in [-0.4, -0.2) is 9.13 Å². The van der Waals surface area contributed by atoms with E-state index < -0.39 is 0 Å². The van der Waals surface area contributed by atoms with Crippen LogP contribution in [0.1, 0.15) is 19.5 Å². The molecule has 0 bridgehead atoms. The first-order valence-electron chi connectivity index (χ1n) is 4.45. The summed E-state index contributed by atoms with van der Waals surface area (Å²) in [7, 11) is 3.87. The standard InChI is InChI=1S/C9H17N3S/c1-6(2)5-7-8(10)12(4)9(13)11(7)3/h6H,5,10H2,1-4H3. The molecule has 0 radical (unpaired) electrons.